The lowest BCUT2D eigenvalue weighted by Gasteiger charge is -2.12. The molecule has 0 N–H and O–H groups in total. The second kappa shape index (κ2) is 5.51. The van der Waals surface area contributed by atoms with E-state index in [0.29, 0.717) is 6.61 Å². The van der Waals surface area contributed by atoms with Crippen molar-refractivity contribution >= 4 is 22.8 Å². The zero-order chi connectivity index (χ0) is 14.2. The van der Waals surface area contributed by atoms with Crippen molar-refractivity contribution in [3.63, 3.8) is 0 Å². The Hall–Kier alpha value is -1.07. The van der Waals surface area contributed by atoms with Crippen molar-refractivity contribution in [3.8, 4) is 0 Å². The summed E-state index contributed by atoms with van der Waals surface area (Å²) in [4.78, 5) is 4.62. The van der Waals surface area contributed by atoms with Gasteiger partial charge >= 0.3 is 0 Å². The Labute approximate surface area is 118 Å². The first-order chi connectivity index (χ1) is 8.91. The largest absolute Gasteiger partial charge is 0.377 e. The van der Waals surface area contributed by atoms with E-state index >= 15 is 0 Å². The van der Waals surface area contributed by atoms with E-state index < -0.39 is 0 Å². The molecule has 0 saturated carbocycles. The van der Waals surface area contributed by atoms with Crippen LogP contribution in [0.25, 0.3) is 11.2 Å². The summed E-state index contributed by atoms with van der Waals surface area (Å²) in [5.74, 6) is 0.875. The van der Waals surface area contributed by atoms with Crippen LogP contribution in [0, 0.1) is 6.92 Å². The molecule has 19 heavy (non-hydrogen) atoms. The van der Waals surface area contributed by atoms with Crippen LogP contribution in [0.5, 0.6) is 0 Å². The third kappa shape index (κ3) is 2.77. The van der Waals surface area contributed by atoms with Gasteiger partial charge in [0.05, 0.1) is 23.8 Å². The number of aromatic nitrogens is 4. The van der Waals surface area contributed by atoms with Crippen LogP contribution in [0.3, 0.4) is 0 Å². The summed E-state index contributed by atoms with van der Waals surface area (Å²) in [6, 6.07) is 0. The molecule has 2 aromatic heterocycles. The number of rotatable bonds is 5. The Balaban J connectivity index is 2.40. The highest BCUT2D eigenvalue weighted by Gasteiger charge is 2.19. The third-order valence-electron chi connectivity index (χ3n) is 3.04. The van der Waals surface area contributed by atoms with Gasteiger partial charge in [0.1, 0.15) is 11.3 Å². The Morgan fingerprint density at radius 2 is 2.00 bits per heavy atom. The molecule has 2 heterocycles. The molecule has 0 amide bonds. The molecule has 0 aliphatic carbocycles. The topological polar surface area (TPSA) is 44.9 Å². The maximum atomic E-state index is 6.23. The number of aryl methyl sites for hydroxylation is 2. The number of hydrogen-bond donors (Lipinski definition) is 0. The average Bonchev–Trinajstić information content (AvgIpc) is 2.79. The van der Waals surface area contributed by atoms with Crippen molar-refractivity contribution in [1.29, 1.82) is 0 Å². The summed E-state index contributed by atoms with van der Waals surface area (Å²) in [6.45, 7) is 9.34. The minimum Gasteiger partial charge on any atom is -0.377 e. The zero-order valence-electron chi connectivity index (χ0n) is 12.1. The maximum Gasteiger partial charge on any atom is 0.158 e. The summed E-state index contributed by atoms with van der Waals surface area (Å²) >= 11 is 6.23. The number of halogens is 1. The number of alkyl halides is 1. The predicted octanol–water partition coefficient (Wildman–Crippen LogP) is 2.80. The number of ether oxygens (including phenoxy) is 1. The number of fused-ring (bicyclic) bond motifs is 1. The molecule has 6 heteroatoms. The molecule has 0 aliphatic rings. The summed E-state index contributed by atoms with van der Waals surface area (Å²) in [7, 11) is 1.93. The molecular formula is C13H21ClN4O. The normalized spacial score (nSPS) is 13.6. The molecule has 5 nitrogen and oxygen atoms in total. The second-order valence-corrected chi connectivity index (χ2v) is 5.69. The first kappa shape index (κ1) is 14.3. The summed E-state index contributed by atoms with van der Waals surface area (Å²) in [5.41, 5.74) is 2.86. The Kier molecular flexibility index (Phi) is 4.16. The average molecular weight is 285 g/mol. The first-order valence-electron chi connectivity index (χ1n) is 6.57. The van der Waals surface area contributed by atoms with Crippen LogP contribution in [-0.2, 0) is 18.3 Å². The van der Waals surface area contributed by atoms with Gasteiger partial charge in [0, 0.05) is 13.6 Å². The molecule has 0 radical (unpaired) electrons. The fraction of sp³-hybridized carbons (Fsp3) is 0.692. The number of hydrogen-bond acceptors (Lipinski definition) is 3. The van der Waals surface area contributed by atoms with E-state index in [0.717, 1.165) is 29.2 Å². The smallest absolute Gasteiger partial charge is 0.158 e. The predicted molar refractivity (Wildman–Crippen MR) is 76.6 cm³/mol. The molecule has 1 atom stereocenters. The molecule has 1 unspecified atom stereocenters. The SMILES string of the molecule is Cc1nn(C)c2c1nc(C(C)Cl)n2CCOC(C)C. The Morgan fingerprint density at radius 3 is 2.58 bits per heavy atom. The van der Waals surface area contributed by atoms with Crippen molar-refractivity contribution in [1.82, 2.24) is 19.3 Å². The Bertz CT molecular complexity index is 571. The van der Waals surface area contributed by atoms with E-state index in [9.17, 15) is 0 Å². The summed E-state index contributed by atoms with van der Waals surface area (Å²) < 4.78 is 9.59. The second-order valence-electron chi connectivity index (χ2n) is 5.04. The molecule has 0 spiro atoms. The quantitative estimate of drug-likeness (QED) is 0.793. The highest BCUT2D eigenvalue weighted by Crippen LogP contribution is 2.25. The fourth-order valence-corrected chi connectivity index (χ4v) is 2.42. The van der Waals surface area contributed by atoms with E-state index in [-0.39, 0.29) is 11.5 Å². The van der Waals surface area contributed by atoms with Crippen LogP contribution in [0.2, 0.25) is 0 Å². The molecule has 0 aromatic carbocycles. The van der Waals surface area contributed by atoms with Crippen molar-refractivity contribution < 1.29 is 4.74 Å². The molecule has 0 aliphatic heterocycles. The van der Waals surface area contributed by atoms with Gasteiger partial charge in [-0.15, -0.1) is 11.6 Å². The third-order valence-corrected chi connectivity index (χ3v) is 3.24. The van der Waals surface area contributed by atoms with Crippen LogP contribution in [0.15, 0.2) is 0 Å². The van der Waals surface area contributed by atoms with Crippen LogP contribution in [-0.4, -0.2) is 32.0 Å². The standard InChI is InChI=1S/C13H21ClN4O/c1-8(2)19-7-6-18-12(9(3)14)15-11-10(4)16-17(5)13(11)18/h8-9H,6-7H2,1-5H3. The van der Waals surface area contributed by atoms with Crippen LogP contribution in [0.1, 0.15) is 37.7 Å². The molecule has 0 saturated heterocycles. The van der Waals surface area contributed by atoms with Gasteiger partial charge in [0.15, 0.2) is 5.65 Å². The fourth-order valence-electron chi connectivity index (χ4n) is 2.26. The number of nitrogens with zero attached hydrogens (tertiary/aromatic N) is 4. The maximum absolute atomic E-state index is 6.23. The first-order valence-corrected chi connectivity index (χ1v) is 7.00. The van der Waals surface area contributed by atoms with Gasteiger partial charge in [-0.3, -0.25) is 4.68 Å². The molecular weight excluding hydrogens is 264 g/mol. The van der Waals surface area contributed by atoms with E-state index in [1.807, 2.05) is 39.4 Å². The molecule has 2 rings (SSSR count). The van der Waals surface area contributed by atoms with Gasteiger partial charge in [0.2, 0.25) is 0 Å². The minimum absolute atomic E-state index is 0.133. The van der Waals surface area contributed by atoms with E-state index in [4.69, 9.17) is 16.3 Å². The van der Waals surface area contributed by atoms with E-state index in [1.54, 1.807) is 0 Å². The highest BCUT2D eigenvalue weighted by molar-refractivity contribution is 6.20. The van der Waals surface area contributed by atoms with Crippen LogP contribution >= 0.6 is 11.6 Å². The van der Waals surface area contributed by atoms with Gasteiger partial charge in [-0.25, -0.2) is 4.98 Å². The van der Waals surface area contributed by atoms with Gasteiger partial charge in [-0.1, -0.05) is 0 Å². The van der Waals surface area contributed by atoms with Crippen molar-refractivity contribution in [2.24, 2.45) is 7.05 Å². The Morgan fingerprint density at radius 1 is 1.32 bits per heavy atom. The lowest BCUT2D eigenvalue weighted by atomic mass is 10.4. The lowest BCUT2D eigenvalue weighted by molar-refractivity contribution is 0.0727. The van der Waals surface area contributed by atoms with Crippen molar-refractivity contribution in [2.75, 3.05) is 6.61 Å². The zero-order valence-corrected chi connectivity index (χ0v) is 12.9. The molecule has 0 bridgehead atoms. The van der Waals surface area contributed by atoms with Gasteiger partial charge in [-0.05, 0) is 27.7 Å². The van der Waals surface area contributed by atoms with Gasteiger partial charge in [-0.2, -0.15) is 5.10 Å². The number of imidazole rings is 1. The monoisotopic (exact) mass is 284 g/mol. The lowest BCUT2D eigenvalue weighted by Crippen LogP contribution is -2.14. The summed E-state index contributed by atoms with van der Waals surface area (Å²) in [5, 5.41) is 4.27. The van der Waals surface area contributed by atoms with E-state index in [1.165, 1.54) is 0 Å². The van der Waals surface area contributed by atoms with Crippen LogP contribution < -0.4 is 0 Å². The van der Waals surface area contributed by atoms with Crippen molar-refractivity contribution in [3.05, 3.63) is 11.5 Å². The highest BCUT2D eigenvalue weighted by atomic mass is 35.5. The molecule has 0 fully saturated rings. The van der Waals surface area contributed by atoms with Crippen LogP contribution in [0.4, 0.5) is 0 Å². The molecule has 106 valence electrons. The van der Waals surface area contributed by atoms with E-state index in [2.05, 4.69) is 14.6 Å². The summed E-state index contributed by atoms with van der Waals surface area (Å²) in [6.07, 6.45) is 0.226. The molecule has 2 aromatic rings. The van der Waals surface area contributed by atoms with Crippen molar-refractivity contribution in [2.45, 2.75) is 45.7 Å². The van der Waals surface area contributed by atoms with Gasteiger partial charge < -0.3 is 9.30 Å². The van der Waals surface area contributed by atoms with Gasteiger partial charge in [0.25, 0.3) is 0 Å². The minimum atomic E-state index is -0.133.